The Morgan fingerprint density at radius 3 is 2.78 bits per heavy atom. The topological polar surface area (TPSA) is 47.5 Å². The molecule has 2 heterocycles. The molecule has 1 fully saturated rings. The normalized spacial score (nSPS) is 15.3. The van der Waals surface area contributed by atoms with Crippen LogP contribution in [0.3, 0.4) is 0 Å². The van der Waals surface area contributed by atoms with E-state index in [2.05, 4.69) is 33.1 Å². The summed E-state index contributed by atoms with van der Waals surface area (Å²) in [4.78, 5) is 10.4. The summed E-state index contributed by atoms with van der Waals surface area (Å²) in [6.07, 6.45) is 1.54. The van der Waals surface area contributed by atoms with Crippen LogP contribution in [0.15, 0.2) is 24.4 Å². The van der Waals surface area contributed by atoms with Crippen molar-refractivity contribution in [1.82, 2.24) is 9.97 Å². The number of hydrogen-bond donors (Lipinski definition) is 0. The standard InChI is InChI=1S/C15H15AsCl2N3O2/c1-22-13-8-10(21-4-6-23-7-5-21)2-3-11(13)16-14-12(17)9-19-15(18)20-14/h2-3,8-9H,4-7H2,1H3. The molecule has 0 spiro atoms. The van der Waals surface area contributed by atoms with Crippen molar-refractivity contribution >= 4 is 53.5 Å². The van der Waals surface area contributed by atoms with Gasteiger partial charge in [0.25, 0.3) is 0 Å². The van der Waals surface area contributed by atoms with Gasteiger partial charge in [-0.05, 0) is 0 Å². The first-order chi connectivity index (χ1) is 11.2. The first kappa shape index (κ1) is 16.8. The zero-order valence-corrected chi connectivity index (χ0v) is 15.9. The van der Waals surface area contributed by atoms with Gasteiger partial charge in [0, 0.05) is 0 Å². The van der Waals surface area contributed by atoms with Gasteiger partial charge < -0.3 is 0 Å². The van der Waals surface area contributed by atoms with E-state index >= 15 is 0 Å². The molecule has 1 radical (unpaired) electrons. The van der Waals surface area contributed by atoms with Crippen molar-refractivity contribution in [2.75, 3.05) is 38.3 Å². The third-order valence-electron chi connectivity index (χ3n) is 3.46. The predicted octanol–water partition coefficient (Wildman–Crippen LogP) is 1.28. The molecule has 0 amide bonds. The number of nitrogens with zero attached hydrogens (tertiary/aromatic N) is 3. The Morgan fingerprint density at radius 2 is 2.04 bits per heavy atom. The Labute approximate surface area is 151 Å². The molecular weight excluding hydrogens is 400 g/mol. The second-order valence-corrected chi connectivity index (χ2v) is 7.99. The molecule has 1 aliphatic rings. The Hall–Kier alpha value is -1.00. The number of hydrogen-bond acceptors (Lipinski definition) is 5. The van der Waals surface area contributed by atoms with Crippen molar-refractivity contribution in [3.05, 3.63) is 34.7 Å². The zero-order valence-electron chi connectivity index (χ0n) is 12.5. The summed E-state index contributed by atoms with van der Waals surface area (Å²) in [5.74, 6) is 0.847. The molecule has 0 aliphatic carbocycles. The first-order valence-electron chi connectivity index (χ1n) is 7.08. The van der Waals surface area contributed by atoms with Gasteiger partial charge in [-0.15, -0.1) is 0 Å². The Kier molecular flexibility index (Phi) is 5.65. The fourth-order valence-electron chi connectivity index (χ4n) is 2.31. The van der Waals surface area contributed by atoms with E-state index in [1.165, 1.54) is 6.20 Å². The predicted molar refractivity (Wildman–Crippen MR) is 93.1 cm³/mol. The molecule has 23 heavy (non-hydrogen) atoms. The van der Waals surface area contributed by atoms with Gasteiger partial charge in [-0.2, -0.15) is 0 Å². The van der Waals surface area contributed by atoms with Gasteiger partial charge >= 0.3 is 152 Å². The minimum atomic E-state index is -0.437. The van der Waals surface area contributed by atoms with Gasteiger partial charge in [0.2, 0.25) is 0 Å². The Bertz CT molecular complexity index is 696. The van der Waals surface area contributed by atoms with Gasteiger partial charge in [0.15, 0.2) is 0 Å². The van der Waals surface area contributed by atoms with E-state index in [1.807, 2.05) is 0 Å². The van der Waals surface area contributed by atoms with Gasteiger partial charge in [0.1, 0.15) is 0 Å². The van der Waals surface area contributed by atoms with Gasteiger partial charge in [-0.25, -0.2) is 0 Å². The summed E-state index contributed by atoms with van der Waals surface area (Å²) in [7, 11) is 1.68. The van der Waals surface area contributed by atoms with Crippen molar-refractivity contribution in [3.63, 3.8) is 0 Å². The summed E-state index contributed by atoms with van der Waals surface area (Å²) in [6, 6.07) is 6.25. The van der Waals surface area contributed by atoms with Gasteiger partial charge in [-0.3, -0.25) is 0 Å². The molecule has 0 atom stereocenters. The van der Waals surface area contributed by atoms with Crippen LogP contribution in [0, 0.1) is 0 Å². The molecule has 1 aliphatic heterocycles. The van der Waals surface area contributed by atoms with E-state index in [-0.39, 0.29) is 5.28 Å². The molecule has 1 aromatic carbocycles. The summed E-state index contributed by atoms with van der Waals surface area (Å²) in [5.41, 5.74) is 1.14. The molecule has 0 saturated carbocycles. The van der Waals surface area contributed by atoms with Crippen molar-refractivity contribution in [2.45, 2.75) is 0 Å². The van der Waals surface area contributed by atoms with Crippen LogP contribution in [0.4, 0.5) is 5.69 Å². The molecule has 8 heteroatoms. The fraction of sp³-hybridized carbons (Fsp3) is 0.333. The van der Waals surface area contributed by atoms with E-state index in [0.29, 0.717) is 5.02 Å². The molecule has 0 bridgehead atoms. The fourth-order valence-corrected chi connectivity index (χ4v) is 4.88. The Balaban J connectivity index is 1.86. The molecule has 2 aromatic rings. The number of anilines is 1. The monoisotopic (exact) mass is 414 g/mol. The van der Waals surface area contributed by atoms with Crippen LogP contribution in [-0.2, 0) is 4.74 Å². The van der Waals surface area contributed by atoms with Crippen molar-refractivity contribution in [3.8, 4) is 5.75 Å². The van der Waals surface area contributed by atoms with Crippen LogP contribution in [-0.4, -0.2) is 59.1 Å². The minimum absolute atomic E-state index is 0.212. The maximum atomic E-state index is 6.17. The van der Waals surface area contributed by atoms with Crippen molar-refractivity contribution < 1.29 is 9.47 Å². The summed E-state index contributed by atoms with van der Waals surface area (Å²) < 4.78 is 12.8. The summed E-state index contributed by atoms with van der Waals surface area (Å²) >= 11 is 11.6. The molecule has 5 nitrogen and oxygen atoms in total. The van der Waals surface area contributed by atoms with E-state index in [9.17, 15) is 0 Å². The number of ether oxygens (including phenoxy) is 2. The number of rotatable bonds is 4. The summed E-state index contributed by atoms with van der Waals surface area (Å²) in [5, 5.41) is 0.748. The van der Waals surface area contributed by atoms with Crippen LogP contribution in [0.5, 0.6) is 5.75 Å². The van der Waals surface area contributed by atoms with Gasteiger partial charge in [-0.1, -0.05) is 0 Å². The molecule has 3 rings (SSSR count). The van der Waals surface area contributed by atoms with E-state index in [0.717, 1.165) is 46.6 Å². The quantitative estimate of drug-likeness (QED) is 0.557. The van der Waals surface area contributed by atoms with Crippen LogP contribution in [0.25, 0.3) is 0 Å². The molecular formula is C15H15AsCl2N3O2. The average molecular weight is 415 g/mol. The first-order valence-corrected chi connectivity index (χ1v) is 9.71. The molecule has 1 aromatic heterocycles. The average Bonchev–Trinajstić information content (AvgIpc) is 2.59. The molecule has 1 saturated heterocycles. The maximum absolute atomic E-state index is 6.17. The van der Waals surface area contributed by atoms with Crippen molar-refractivity contribution in [2.24, 2.45) is 0 Å². The van der Waals surface area contributed by atoms with Crippen LogP contribution in [0.1, 0.15) is 0 Å². The third kappa shape index (κ3) is 4.10. The van der Waals surface area contributed by atoms with Crippen molar-refractivity contribution in [1.29, 1.82) is 0 Å². The van der Waals surface area contributed by atoms with Crippen LogP contribution in [0.2, 0.25) is 10.3 Å². The Morgan fingerprint density at radius 1 is 1.26 bits per heavy atom. The second-order valence-electron chi connectivity index (χ2n) is 4.88. The van der Waals surface area contributed by atoms with E-state index in [1.54, 1.807) is 7.11 Å². The third-order valence-corrected chi connectivity index (χ3v) is 6.65. The van der Waals surface area contributed by atoms with E-state index < -0.39 is 15.8 Å². The summed E-state index contributed by atoms with van der Waals surface area (Å²) in [6.45, 7) is 3.29. The number of aromatic nitrogens is 2. The SMILES string of the molecule is COc1cc(N2CCOCC2)ccc1[As]c1nc(Cl)ncc1Cl. The number of methoxy groups -OCH3 is 1. The second kappa shape index (κ2) is 7.71. The number of morpholine rings is 1. The van der Waals surface area contributed by atoms with Crippen LogP contribution < -0.4 is 18.5 Å². The zero-order chi connectivity index (χ0) is 16.2. The number of halogens is 2. The van der Waals surface area contributed by atoms with Gasteiger partial charge in [0.05, 0.1) is 0 Å². The molecule has 0 N–H and O–H groups in total. The van der Waals surface area contributed by atoms with E-state index in [4.69, 9.17) is 32.7 Å². The number of benzene rings is 1. The molecule has 121 valence electrons. The van der Waals surface area contributed by atoms with Crippen LogP contribution >= 0.6 is 23.2 Å². The molecule has 0 unspecified atom stereocenters.